The van der Waals surface area contributed by atoms with Crippen LogP contribution < -0.4 is 5.73 Å². The normalized spacial score (nSPS) is 11.9. The lowest BCUT2D eigenvalue weighted by Gasteiger charge is -2.18. The molecule has 0 aromatic heterocycles. The number of hydrogen-bond donors (Lipinski definition) is 1. The maximum Gasteiger partial charge on any atom is 0.0297 e. The van der Waals surface area contributed by atoms with Gasteiger partial charge in [-0.15, -0.1) is 0 Å². The monoisotopic (exact) mass is 299 g/mol. The van der Waals surface area contributed by atoms with Gasteiger partial charge in [0.05, 0.1) is 0 Å². The zero-order chi connectivity index (χ0) is 17.3. The fraction of sp³-hybridized carbons (Fsp3) is 0.429. The maximum absolute atomic E-state index is 5.71. The molecular formula is C21H33N. The first-order chi connectivity index (χ1) is 10.1. The summed E-state index contributed by atoms with van der Waals surface area (Å²) in [7, 11) is 0. The number of nitrogens with two attached hydrogens (primary N) is 1. The van der Waals surface area contributed by atoms with Crippen LogP contribution in [-0.2, 0) is 0 Å². The van der Waals surface area contributed by atoms with Crippen molar-refractivity contribution in [3.63, 3.8) is 0 Å². The van der Waals surface area contributed by atoms with Gasteiger partial charge >= 0.3 is 0 Å². The molecular weight excluding hydrogens is 266 g/mol. The Labute approximate surface area is 137 Å². The summed E-state index contributed by atoms with van der Waals surface area (Å²) in [4.78, 5) is 0. The Balaban J connectivity index is 0.000000406. The molecule has 0 saturated carbocycles. The van der Waals surface area contributed by atoms with E-state index in [-0.39, 0.29) is 0 Å². The van der Waals surface area contributed by atoms with Gasteiger partial charge < -0.3 is 5.73 Å². The molecule has 2 N–H and O–H groups in total. The van der Waals surface area contributed by atoms with Gasteiger partial charge in [0.15, 0.2) is 0 Å². The van der Waals surface area contributed by atoms with Gasteiger partial charge in [0, 0.05) is 5.70 Å². The Hall–Kier alpha value is -1.76. The first kappa shape index (κ1) is 20.2. The molecule has 0 unspecified atom stereocenters. The van der Waals surface area contributed by atoms with Crippen molar-refractivity contribution in [3.8, 4) is 0 Å². The van der Waals surface area contributed by atoms with Gasteiger partial charge in [0.2, 0.25) is 0 Å². The van der Waals surface area contributed by atoms with Crippen molar-refractivity contribution < 1.29 is 0 Å². The highest BCUT2D eigenvalue weighted by Gasteiger charge is 2.09. The minimum Gasteiger partial charge on any atom is -0.399 e. The summed E-state index contributed by atoms with van der Waals surface area (Å²) in [5, 5.41) is 0. The molecule has 0 bridgehead atoms. The largest absolute Gasteiger partial charge is 0.399 e. The Bertz CT molecular complexity index is 510. The van der Waals surface area contributed by atoms with Gasteiger partial charge in [0.1, 0.15) is 0 Å². The molecule has 0 fully saturated rings. The lowest BCUT2D eigenvalue weighted by Crippen LogP contribution is -2.06. The van der Waals surface area contributed by atoms with E-state index >= 15 is 0 Å². The molecule has 1 heteroatoms. The van der Waals surface area contributed by atoms with Crippen molar-refractivity contribution in [3.05, 3.63) is 65.9 Å². The summed E-state index contributed by atoms with van der Waals surface area (Å²) in [6, 6.07) is 8.39. The van der Waals surface area contributed by atoms with Gasteiger partial charge in [-0.05, 0) is 50.7 Å². The third kappa shape index (κ3) is 9.23. The summed E-state index contributed by atoms with van der Waals surface area (Å²) in [5.41, 5.74) is 11.8. The Morgan fingerprint density at radius 3 is 2.00 bits per heavy atom. The molecule has 0 saturated heterocycles. The van der Waals surface area contributed by atoms with Crippen molar-refractivity contribution in [2.24, 2.45) is 11.1 Å². The highest BCUT2D eigenvalue weighted by molar-refractivity contribution is 5.61. The average molecular weight is 300 g/mol. The second-order valence-electron chi connectivity index (χ2n) is 7.15. The average Bonchev–Trinajstić information content (AvgIpc) is 2.44. The van der Waals surface area contributed by atoms with Crippen molar-refractivity contribution in [1.29, 1.82) is 0 Å². The molecule has 122 valence electrons. The van der Waals surface area contributed by atoms with Gasteiger partial charge in [-0.25, -0.2) is 0 Å². The molecule has 1 aromatic rings. The topological polar surface area (TPSA) is 26.0 Å². The van der Waals surface area contributed by atoms with E-state index in [4.69, 9.17) is 5.73 Å². The Morgan fingerprint density at radius 1 is 1.14 bits per heavy atom. The predicted molar refractivity (Wildman–Crippen MR) is 102 cm³/mol. The van der Waals surface area contributed by atoms with Crippen LogP contribution in [0.25, 0.3) is 5.57 Å². The van der Waals surface area contributed by atoms with E-state index in [1.807, 2.05) is 6.92 Å². The minimum absolute atomic E-state index is 0.392. The van der Waals surface area contributed by atoms with Crippen LogP contribution in [0.15, 0.2) is 54.8 Å². The van der Waals surface area contributed by atoms with Crippen LogP contribution in [-0.4, -0.2) is 0 Å². The van der Waals surface area contributed by atoms with Gasteiger partial charge in [-0.1, -0.05) is 74.9 Å². The first-order valence-electron chi connectivity index (χ1n) is 7.87. The zero-order valence-electron chi connectivity index (χ0n) is 15.3. The fourth-order valence-corrected chi connectivity index (χ4v) is 1.72. The third-order valence-corrected chi connectivity index (χ3v) is 3.51. The van der Waals surface area contributed by atoms with Crippen LogP contribution in [0.2, 0.25) is 0 Å². The number of hydrogen-bond acceptors (Lipinski definition) is 1. The first-order valence-corrected chi connectivity index (χ1v) is 7.87. The SMILES string of the molecule is C=C(C)c1ccc(C)cc1.C=C/C(N)=C(/C)CCC(C)(C)C. The summed E-state index contributed by atoms with van der Waals surface area (Å²) in [5.74, 6) is 0. The molecule has 0 aliphatic heterocycles. The summed E-state index contributed by atoms with van der Waals surface area (Å²) >= 11 is 0. The van der Waals surface area contributed by atoms with Crippen molar-refractivity contribution in [1.82, 2.24) is 0 Å². The Morgan fingerprint density at radius 2 is 1.64 bits per heavy atom. The van der Waals surface area contributed by atoms with Crippen LogP contribution >= 0.6 is 0 Å². The number of allylic oxidation sites excluding steroid dienone is 3. The van der Waals surface area contributed by atoms with Crippen molar-refractivity contribution in [2.45, 2.75) is 54.4 Å². The molecule has 0 atom stereocenters. The van der Waals surface area contributed by atoms with E-state index in [2.05, 4.69) is 72.0 Å². The van der Waals surface area contributed by atoms with E-state index < -0.39 is 0 Å². The minimum atomic E-state index is 0.392. The Kier molecular flexibility index (Phi) is 8.55. The van der Waals surface area contributed by atoms with E-state index in [0.29, 0.717) is 5.41 Å². The second kappa shape index (κ2) is 9.30. The molecule has 0 radical (unpaired) electrons. The summed E-state index contributed by atoms with van der Waals surface area (Å²) < 4.78 is 0. The smallest absolute Gasteiger partial charge is 0.0297 e. The highest BCUT2D eigenvalue weighted by Crippen LogP contribution is 2.23. The van der Waals surface area contributed by atoms with Crippen LogP contribution in [0.1, 0.15) is 58.6 Å². The number of aryl methyl sites for hydroxylation is 1. The summed E-state index contributed by atoms with van der Waals surface area (Å²) in [6.07, 6.45) is 3.96. The molecule has 0 amide bonds. The van der Waals surface area contributed by atoms with E-state index in [9.17, 15) is 0 Å². The number of benzene rings is 1. The molecule has 0 heterocycles. The molecule has 0 aliphatic carbocycles. The molecule has 22 heavy (non-hydrogen) atoms. The molecule has 1 nitrogen and oxygen atoms in total. The summed E-state index contributed by atoms with van der Waals surface area (Å²) in [6.45, 7) is 20.4. The fourth-order valence-electron chi connectivity index (χ4n) is 1.72. The second-order valence-corrected chi connectivity index (χ2v) is 7.15. The van der Waals surface area contributed by atoms with Crippen LogP contribution in [0, 0.1) is 12.3 Å². The standard InChI is InChI=1S/C11H21N.C10H12/c1-6-10(12)9(2)7-8-11(3,4)5;1-8(2)10-6-4-9(3)5-7-10/h6H,1,7-8,12H2,2-5H3;4-7H,1H2,2-3H3/b10-9+;. The van der Waals surface area contributed by atoms with Gasteiger partial charge in [-0.2, -0.15) is 0 Å². The quantitative estimate of drug-likeness (QED) is 0.652. The van der Waals surface area contributed by atoms with Gasteiger partial charge in [-0.3, -0.25) is 0 Å². The molecule has 0 spiro atoms. The van der Waals surface area contributed by atoms with Crippen LogP contribution in [0.4, 0.5) is 0 Å². The van der Waals surface area contributed by atoms with E-state index in [1.165, 1.54) is 23.1 Å². The predicted octanol–water partition coefficient (Wildman–Crippen LogP) is 6.26. The maximum atomic E-state index is 5.71. The third-order valence-electron chi connectivity index (χ3n) is 3.51. The lowest BCUT2D eigenvalue weighted by atomic mass is 9.88. The van der Waals surface area contributed by atoms with Crippen LogP contribution in [0.5, 0.6) is 0 Å². The lowest BCUT2D eigenvalue weighted by molar-refractivity contribution is 0.377. The number of rotatable bonds is 4. The van der Waals surface area contributed by atoms with Gasteiger partial charge in [0.25, 0.3) is 0 Å². The van der Waals surface area contributed by atoms with E-state index in [0.717, 1.165) is 17.7 Å². The molecule has 1 aromatic carbocycles. The zero-order valence-corrected chi connectivity index (χ0v) is 15.3. The van der Waals surface area contributed by atoms with Crippen molar-refractivity contribution in [2.75, 3.05) is 0 Å². The van der Waals surface area contributed by atoms with Crippen molar-refractivity contribution >= 4 is 5.57 Å². The molecule has 0 aliphatic rings. The van der Waals surface area contributed by atoms with Crippen LogP contribution in [0.3, 0.4) is 0 Å². The molecule has 1 rings (SSSR count). The highest BCUT2D eigenvalue weighted by atomic mass is 14.6. The van der Waals surface area contributed by atoms with E-state index in [1.54, 1.807) is 6.08 Å².